The zero-order valence-corrected chi connectivity index (χ0v) is 15.0. The highest BCUT2D eigenvalue weighted by atomic mass is 32.2. The van der Waals surface area contributed by atoms with Gasteiger partial charge in [0.15, 0.2) is 0 Å². The average molecular weight is 354 g/mol. The van der Waals surface area contributed by atoms with Crippen molar-refractivity contribution in [3.05, 3.63) is 29.3 Å². The minimum absolute atomic E-state index is 0.0928. The lowest BCUT2D eigenvalue weighted by molar-refractivity contribution is -0.120. The van der Waals surface area contributed by atoms with Crippen molar-refractivity contribution in [1.82, 2.24) is 10.0 Å². The molecule has 1 amide bonds. The standard InChI is InChI=1S/C17H26N2O4S/c1-23-12-4-10-18-17(20)9-11-19-24(21,22)16-8-7-14-5-2-3-6-15(14)13-16/h7-8,13,19H,2-6,9-12H2,1H3,(H,18,20). The predicted molar refractivity (Wildman–Crippen MR) is 92.4 cm³/mol. The summed E-state index contributed by atoms with van der Waals surface area (Å²) in [5.41, 5.74) is 2.37. The number of rotatable bonds is 9. The van der Waals surface area contributed by atoms with E-state index in [1.54, 1.807) is 19.2 Å². The maximum absolute atomic E-state index is 12.3. The minimum atomic E-state index is -3.57. The van der Waals surface area contributed by atoms with E-state index in [2.05, 4.69) is 10.0 Å². The maximum Gasteiger partial charge on any atom is 0.240 e. The van der Waals surface area contributed by atoms with Crippen LogP contribution in [-0.4, -0.2) is 41.1 Å². The van der Waals surface area contributed by atoms with E-state index >= 15 is 0 Å². The topological polar surface area (TPSA) is 84.5 Å². The van der Waals surface area contributed by atoms with Gasteiger partial charge in [0.05, 0.1) is 4.90 Å². The Morgan fingerprint density at radius 2 is 1.92 bits per heavy atom. The van der Waals surface area contributed by atoms with Crippen molar-refractivity contribution in [2.24, 2.45) is 0 Å². The highest BCUT2D eigenvalue weighted by Crippen LogP contribution is 2.23. The van der Waals surface area contributed by atoms with Crippen LogP contribution in [0.25, 0.3) is 0 Å². The number of hydrogen-bond acceptors (Lipinski definition) is 4. The van der Waals surface area contributed by atoms with Gasteiger partial charge in [-0.25, -0.2) is 13.1 Å². The van der Waals surface area contributed by atoms with Crippen LogP contribution in [0.1, 0.15) is 36.8 Å². The van der Waals surface area contributed by atoms with Gasteiger partial charge in [0.25, 0.3) is 0 Å². The molecule has 0 atom stereocenters. The molecule has 0 aliphatic heterocycles. The van der Waals surface area contributed by atoms with Crippen molar-refractivity contribution in [1.29, 1.82) is 0 Å². The van der Waals surface area contributed by atoms with Gasteiger partial charge in [-0.15, -0.1) is 0 Å². The van der Waals surface area contributed by atoms with Gasteiger partial charge in [-0.2, -0.15) is 0 Å². The van der Waals surface area contributed by atoms with E-state index in [4.69, 9.17) is 4.74 Å². The number of carbonyl (C=O) groups excluding carboxylic acids is 1. The molecule has 6 nitrogen and oxygen atoms in total. The molecule has 0 radical (unpaired) electrons. The minimum Gasteiger partial charge on any atom is -0.385 e. The Balaban J connectivity index is 1.82. The lowest BCUT2D eigenvalue weighted by atomic mass is 9.92. The molecule has 24 heavy (non-hydrogen) atoms. The molecule has 2 rings (SSSR count). The number of sulfonamides is 1. The molecular formula is C17H26N2O4S. The molecule has 0 saturated heterocycles. The van der Waals surface area contributed by atoms with Crippen LogP contribution in [0, 0.1) is 0 Å². The van der Waals surface area contributed by atoms with Gasteiger partial charge in [-0.3, -0.25) is 4.79 Å². The summed E-state index contributed by atoms with van der Waals surface area (Å²) in [6.45, 7) is 1.21. The van der Waals surface area contributed by atoms with E-state index < -0.39 is 10.0 Å². The van der Waals surface area contributed by atoms with E-state index in [0.717, 1.165) is 37.7 Å². The molecule has 134 valence electrons. The number of methoxy groups -OCH3 is 1. The fraction of sp³-hybridized carbons (Fsp3) is 0.588. The lowest BCUT2D eigenvalue weighted by Gasteiger charge is -2.16. The largest absolute Gasteiger partial charge is 0.385 e. The summed E-state index contributed by atoms with van der Waals surface area (Å²) < 4.78 is 32.1. The first-order chi connectivity index (χ1) is 11.5. The molecule has 7 heteroatoms. The van der Waals surface area contributed by atoms with Gasteiger partial charge in [-0.05, 0) is 55.4 Å². The average Bonchev–Trinajstić information content (AvgIpc) is 2.58. The van der Waals surface area contributed by atoms with Gasteiger partial charge in [-0.1, -0.05) is 6.07 Å². The van der Waals surface area contributed by atoms with Crippen LogP contribution in [0.15, 0.2) is 23.1 Å². The zero-order valence-electron chi connectivity index (χ0n) is 14.1. The van der Waals surface area contributed by atoms with E-state index in [1.165, 1.54) is 5.56 Å². The van der Waals surface area contributed by atoms with Crippen molar-refractivity contribution in [2.75, 3.05) is 26.8 Å². The molecule has 2 N–H and O–H groups in total. The van der Waals surface area contributed by atoms with Crippen molar-refractivity contribution >= 4 is 15.9 Å². The fourth-order valence-electron chi connectivity index (χ4n) is 2.79. The summed E-state index contributed by atoms with van der Waals surface area (Å²) in [5.74, 6) is -0.167. The third-order valence-electron chi connectivity index (χ3n) is 4.12. The van der Waals surface area contributed by atoms with Crippen molar-refractivity contribution < 1.29 is 17.9 Å². The van der Waals surface area contributed by atoms with Crippen LogP contribution < -0.4 is 10.0 Å². The fourth-order valence-corrected chi connectivity index (χ4v) is 3.87. The van der Waals surface area contributed by atoms with E-state index in [-0.39, 0.29) is 23.8 Å². The number of ether oxygens (including phenoxy) is 1. The van der Waals surface area contributed by atoms with Crippen molar-refractivity contribution in [3.63, 3.8) is 0 Å². The van der Waals surface area contributed by atoms with E-state index in [0.29, 0.717) is 13.2 Å². The second kappa shape index (κ2) is 9.15. The number of aryl methyl sites for hydroxylation is 2. The van der Waals surface area contributed by atoms with Crippen molar-refractivity contribution in [3.8, 4) is 0 Å². The summed E-state index contributed by atoms with van der Waals surface area (Å²) in [5, 5.41) is 2.73. The molecule has 0 aromatic heterocycles. The second-order valence-electron chi connectivity index (χ2n) is 5.98. The van der Waals surface area contributed by atoms with Gasteiger partial charge < -0.3 is 10.1 Å². The van der Waals surface area contributed by atoms with Crippen LogP contribution in [0.3, 0.4) is 0 Å². The van der Waals surface area contributed by atoms with Gasteiger partial charge >= 0.3 is 0 Å². The maximum atomic E-state index is 12.3. The highest BCUT2D eigenvalue weighted by molar-refractivity contribution is 7.89. The van der Waals surface area contributed by atoms with Gasteiger partial charge in [0, 0.05) is 33.2 Å². The van der Waals surface area contributed by atoms with Crippen LogP contribution in [0.2, 0.25) is 0 Å². The third kappa shape index (κ3) is 5.58. The normalized spacial score (nSPS) is 14.2. The van der Waals surface area contributed by atoms with E-state index in [9.17, 15) is 13.2 Å². The van der Waals surface area contributed by atoms with Crippen LogP contribution in [0.5, 0.6) is 0 Å². The summed E-state index contributed by atoms with van der Waals surface area (Å²) in [7, 11) is -1.96. The van der Waals surface area contributed by atoms with Crippen molar-refractivity contribution in [2.45, 2.75) is 43.4 Å². The summed E-state index contributed by atoms with van der Waals surface area (Å²) >= 11 is 0. The molecule has 0 unspecified atom stereocenters. The first-order valence-electron chi connectivity index (χ1n) is 8.40. The Morgan fingerprint density at radius 1 is 1.17 bits per heavy atom. The molecule has 0 heterocycles. The first kappa shape index (κ1) is 18.9. The molecule has 0 spiro atoms. The highest BCUT2D eigenvalue weighted by Gasteiger charge is 2.17. The summed E-state index contributed by atoms with van der Waals surface area (Å²) in [6, 6.07) is 5.32. The number of hydrogen-bond donors (Lipinski definition) is 2. The quantitative estimate of drug-likeness (QED) is 0.656. The summed E-state index contributed by atoms with van der Waals surface area (Å²) in [6.07, 6.45) is 5.08. The first-order valence-corrected chi connectivity index (χ1v) is 9.88. The third-order valence-corrected chi connectivity index (χ3v) is 5.58. The molecule has 0 fully saturated rings. The van der Waals surface area contributed by atoms with Crippen LogP contribution in [0.4, 0.5) is 0 Å². The Kier molecular flexibility index (Phi) is 7.20. The Bertz CT molecular complexity index is 659. The SMILES string of the molecule is COCCCNC(=O)CCNS(=O)(=O)c1ccc2c(c1)CCCC2. The Hall–Kier alpha value is -1.44. The van der Waals surface area contributed by atoms with Gasteiger partial charge in [0.1, 0.15) is 0 Å². The molecule has 1 aliphatic rings. The smallest absolute Gasteiger partial charge is 0.240 e. The Labute approximate surface area is 144 Å². The number of benzene rings is 1. The number of carbonyl (C=O) groups is 1. The molecular weight excluding hydrogens is 328 g/mol. The molecule has 0 bridgehead atoms. The number of amides is 1. The van der Waals surface area contributed by atoms with Crippen LogP contribution >= 0.6 is 0 Å². The van der Waals surface area contributed by atoms with Crippen LogP contribution in [-0.2, 0) is 32.4 Å². The Morgan fingerprint density at radius 3 is 2.67 bits per heavy atom. The number of nitrogens with one attached hydrogen (secondary N) is 2. The zero-order chi connectivity index (χ0) is 17.4. The monoisotopic (exact) mass is 354 g/mol. The van der Waals surface area contributed by atoms with Gasteiger partial charge in [0.2, 0.25) is 15.9 Å². The second-order valence-corrected chi connectivity index (χ2v) is 7.75. The molecule has 0 saturated carbocycles. The number of fused-ring (bicyclic) bond motifs is 1. The summed E-state index contributed by atoms with van der Waals surface area (Å²) in [4.78, 5) is 11.9. The predicted octanol–water partition coefficient (Wildman–Crippen LogP) is 1.39. The molecule has 1 aliphatic carbocycles. The van der Waals surface area contributed by atoms with E-state index in [1.807, 2.05) is 6.07 Å². The molecule has 1 aromatic rings. The lowest BCUT2D eigenvalue weighted by Crippen LogP contribution is -2.31. The molecule has 1 aromatic carbocycles.